The zero-order valence-corrected chi connectivity index (χ0v) is 10.3. The molecule has 0 aromatic heterocycles. The highest BCUT2D eigenvalue weighted by Gasteiger charge is 2.22. The van der Waals surface area contributed by atoms with Gasteiger partial charge in [-0.15, -0.1) is 0 Å². The summed E-state index contributed by atoms with van der Waals surface area (Å²) in [5.41, 5.74) is 0. The summed E-state index contributed by atoms with van der Waals surface area (Å²) in [5, 5.41) is 12.5. The first-order chi connectivity index (χ1) is 7.26. The van der Waals surface area contributed by atoms with Crippen LogP contribution >= 0.6 is 0 Å². The van der Waals surface area contributed by atoms with Gasteiger partial charge in [-0.3, -0.25) is 0 Å². The van der Waals surface area contributed by atoms with Gasteiger partial charge in [0.25, 0.3) is 0 Å². The van der Waals surface area contributed by atoms with Gasteiger partial charge < -0.3 is 10.4 Å². The Morgan fingerprint density at radius 3 is 2.80 bits per heavy atom. The molecule has 2 N–H and O–H groups in total. The number of hydrogen-bond donors (Lipinski definition) is 2. The molecule has 3 atom stereocenters. The van der Waals surface area contributed by atoms with E-state index in [2.05, 4.69) is 19.2 Å². The topological polar surface area (TPSA) is 32.3 Å². The molecular weight excluding hydrogens is 186 g/mol. The van der Waals surface area contributed by atoms with Crippen molar-refractivity contribution < 1.29 is 5.11 Å². The highest BCUT2D eigenvalue weighted by molar-refractivity contribution is 4.79. The molecule has 1 aliphatic rings. The van der Waals surface area contributed by atoms with Crippen molar-refractivity contribution in [2.45, 2.75) is 58.4 Å². The maximum absolute atomic E-state index is 8.89. The zero-order chi connectivity index (χ0) is 11.1. The second-order valence-corrected chi connectivity index (χ2v) is 5.17. The summed E-state index contributed by atoms with van der Waals surface area (Å²) in [6.07, 6.45) is 7.86. The van der Waals surface area contributed by atoms with Crippen molar-refractivity contribution in [1.82, 2.24) is 5.32 Å². The zero-order valence-electron chi connectivity index (χ0n) is 10.3. The summed E-state index contributed by atoms with van der Waals surface area (Å²) in [5.74, 6) is 1.44. The molecule has 90 valence electrons. The first-order valence-electron chi connectivity index (χ1n) is 6.60. The van der Waals surface area contributed by atoms with Gasteiger partial charge in [-0.2, -0.15) is 0 Å². The highest BCUT2D eigenvalue weighted by Crippen LogP contribution is 2.27. The minimum atomic E-state index is 0.335. The third kappa shape index (κ3) is 4.98. The Kier molecular flexibility index (Phi) is 6.26. The van der Waals surface area contributed by atoms with Gasteiger partial charge in [0.1, 0.15) is 0 Å². The Morgan fingerprint density at radius 2 is 2.20 bits per heavy atom. The second-order valence-electron chi connectivity index (χ2n) is 5.17. The molecular formula is C13H27NO. The molecule has 0 spiro atoms. The van der Waals surface area contributed by atoms with E-state index in [1.165, 1.54) is 32.1 Å². The predicted octanol–water partition coefficient (Wildman–Crippen LogP) is 2.56. The fourth-order valence-electron chi connectivity index (χ4n) is 2.48. The summed E-state index contributed by atoms with van der Waals surface area (Å²) in [6, 6.07) is 0.777. The first kappa shape index (κ1) is 13.0. The Morgan fingerprint density at radius 1 is 1.40 bits per heavy atom. The van der Waals surface area contributed by atoms with Crippen LogP contribution in [0.1, 0.15) is 52.4 Å². The van der Waals surface area contributed by atoms with Crippen molar-refractivity contribution in [3.63, 3.8) is 0 Å². The number of nitrogens with one attached hydrogen (secondary N) is 1. The molecule has 0 saturated heterocycles. The van der Waals surface area contributed by atoms with Gasteiger partial charge in [-0.25, -0.2) is 0 Å². The minimum absolute atomic E-state index is 0.335. The molecule has 0 aromatic rings. The van der Waals surface area contributed by atoms with Crippen LogP contribution in [-0.4, -0.2) is 24.3 Å². The summed E-state index contributed by atoms with van der Waals surface area (Å²) >= 11 is 0. The fourth-order valence-corrected chi connectivity index (χ4v) is 2.48. The van der Waals surface area contributed by atoms with E-state index in [0.29, 0.717) is 12.5 Å². The van der Waals surface area contributed by atoms with Crippen LogP contribution < -0.4 is 5.32 Å². The number of aliphatic hydroxyl groups excluding tert-OH is 1. The summed E-state index contributed by atoms with van der Waals surface area (Å²) in [4.78, 5) is 0. The molecule has 0 aromatic carbocycles. The highest BCUT2D eigenvalue weighted by atomic mass is 16.3. The normalized spacial score (nSPS) is 28.2. The van der Waals surface area contributed by atoms with Crippen molar-refractivity contribution in [2.75, 3.05) is 13.2 Å². The predicted molar refractivity (Wildman–Crippen MR) is 64.9 cm³/mol. The molecule has 2 nitrogen and oxygen atoms in total. The second kappa shape index (κ2) is 7.24. The van der Waals surface area contributed by atoms with Crippen molar-refractivity contribution in [3.05, 3.63) is 0 Å². The molecule has 0 aliphatic heterocycles. The maximum atomic E-state index is 8.89. The van der Waals surface area contributed by atoms with Gasteiger partial charge in [0, 0.05) is 12.6 Å². The van der Waals surface area contributed by atoms with Crippen molar-refractivity contribution in [2.24, 2.45) is 11.8 Å². The third-order valence-corrected chi connectivity index (χ3v) is 3.74. The third-order valence-electron chi connectivity index (χ3n) is 3.74. The van der Waals surface area contributed by atoms with Gasteiger partial charge >= 0.3 is 0 Å². The molecule has 1 saturated carbocycles. The van der Waals surface area contributed by atoms with Crippen LogP contribution in [0.4, 0.5) is 0 Å². The van der Waals surface area contributed by atoms with E-state index in [9.17, 15) is 0 Å². The van der Waals surface area contributed by atoms with E-state index < -0.39 is 0 Å². The monoisotopic (exact) mass is 213 g/mol. The van der Waals surface area contributed by atoms with Gasteiger partial charge in [0.05, 0.1) is 0 Å². The first-order valence-corrected chi connectivity index (χ1v) is 6.60. The summed E-state index contributed by atoms with van der Waals surface area (Å²) < 4.78 is 0. The average molecular weight is 213 g/mol. The number of hydrogen-bond acceptors (Lipinski definition) is 2. The smallest absolute Gasteiger partial charge is 0.0456 e. The van der Waals surface area contributed by atoms with Crippen molar-refractivity contribution in [1.29, 1.82) is 0 Å². The Balaban J connectivity index is 1.97. The molecule has 0 radical (unpaired) electrons. The van der Waals surface area contributed by atoms with Crippen molar-refractivity contribution in [3.8, 4) is 0 Å². The van der Waals surface area contributed by atoms with Gasteiger partial charge in [-0.05, 0) is 50.5 Å². The molecule has 1 rings (SSSR count). The van der Waals surface area contributed by atoms with Crippen LogP contribution in [0.5, 0.6) is 0 Å². The molecule has 15 heavy (non-hydrogen) atoms. The molecule has 3 unspecified atom stereocenters. The number of rotatable bonds is 7. The molecule has 0 heterocycles. The fraction of sp³-hybridized carbons (Fsp3) is 1.00. The van der Waals surface area contributed by atoms with Crippen LogP contribution in [0.3, 0.4) is 0 Å². The largest absolute Gasteiger partial charge is 0.396 e. The number of aliphatic hydroxyl groups is 1. The Labute approximate surface area is 94.5 Å². The quantitative estimate of drug-likeness (QED) is 0.637. The van der Waals surface area contributed by atoms with Crippen LogP contribution in [-0.2, 0) is 0 Å². The van der Waals surface area contributed by atoms with Gasteiger partial charge in [-0.1, -0.05) is 20.3 Å². The van der Waals surface area contributed by atoms with Gasteiger partial charge in [0.2, 0.25) is 0 Å². The molecule has 0 amide bonds. The maximum Gasteiger partial charge on any atom is 0.0456 e. The molecule has 0 bridgehead atoms. The molecule has 2 heteroatoms. The van der Waals surface area contributed by atoms with Crippen LogP contribution in [0.15, 0.2) is 0 Å². The lowest BCUT2D eigenvalue weighted by Crippen LogP contribution is -2.27. The van der Waals surface area contributed by atoms with E-state index >= 15 is 0 Å². The average Bonchev–Trinajstić information content (AvgIpc) is 2.72. The minimum Gasteiger partial charge on any atom is -0.396 e. The Bertz CT molecular complexity index is 161. The van der Waals surface area contributed by atoms with Gasteiger partial charge in [0.15, 0.2) is 0 Å². The Hall–Kier alpha value is -0.0800. The standard InChI is InChI=1S/C13H27NO/c1-3-12-6-7-13(9-12)14-8-4-5-11(2)10-15/h11-15H,3-10H2,1-2H3. The van der Waals surface area contributed by atoms with E-state index in [1.54, 1.807) is 0 Å². The van der Waals surface area contributed by atoms with Crippen LogP contribution in [0.25, 0.3) is 0 Å². The SMILES string of the molecule is CCC1CCC(NCCCC(C)CO)C1. The lowest BCUT2D eigenvalue weighted by Gasteiger charge is -2.13. The van der Waals surface area contributed by atoms with E-state index in [0.717, 1.165) is 24.9 Å². The molecule has 1 aliphatic carbocycles. The van der Waals surface area contributed by atoms with Crippen LogP contribution in [0, 0.1) is 11.8 Å². The lowest BCUT2D eigenvalue weighted by atomic mass is 10.1. The van der Waals surface area contributed by atoms with E-state index in [4.69, 9.17) is 5.11 Å². The van der Waals surface area contributed by atoms with E-state index in [-0.39, 0.29) is 0 Å². The molecule has 1 fully saturated rings. The van der Waals surface area contributed by atoms with Crippen LogP contribution in [0.2, 0.25) is 0 Å². The lowest BCUT2D eigenvalue weighted by molar-refractivity contribution is 0.227. The van der Waals surface area contributed by atoms with Crippen molar-refractivity contribution >= 4 is 0 Å². The summed E-state index contributed by atoms with van der Waals surface area (Å²) in [7, 11) is 0. The summed E-state index contributed by atoms with van der Waals surface area (Å²) in [6.45, 7) is 5.88. The van der Waals surface area contributed by atoms with E-state index in [1.807, 2.05) is 0 Å².